The molecule has 9 heteroatoms. The Morgan fingerprint density at radius 2 is 2.05 bits per heavy atom. The van der Waals surface area contributed by atoms with Gasteiger partial charge in [0.2, 0.25) is 0 Å². The predicted molar refractivity (Wildman–Crippen MR) is 77.2 cm³/mol. The van der Waals surface area contributed by atoms with Gasteiger partial charge in [0.25, 0.3) is 5.91 Å². The lowest BCUT2D eigenvalue weighted by Crippen LogP contribution is -2.30. The Kier molecular flexibility index (Phi) is 5.32. The number of amides is 1. The van der Waals surface area contributed by atoms with Crippen LogP contribution < -0.4 is 20.7 Å². The molecule has 120 valence electrons. The first-order valence-corrected chi connectivity index (χ1v) is 6.97. The van der Waals surface area contributed by atoms with Crippen LogP contribution in [0.5, 0.6) is 5.75 Å². The summed E-state index contributed by atoms with van der Waals surface area (Å²) in [7, 11) is 2.70. The van der Waals surface area contributed by atoms with Crippen molar-refractivity contribution >= 4 is 27.9 Å². The van der Waals surface area contributed by atoms with E-state index in [4.69, 9.17) is 10.5 Å². The van der Waals surface area contributed by atoms with Crippen molar-refractivity contribution in [3.05, 3.63) is 4.88 Å². The van der Waals surface area contributed by atoms with E-state index in [0.29, 0.717) is 0 Å². The first-order chi connectivity index (χ1) is 9.56. The molecule has 0 saturated carbocycles. The molecule has 1 amide bonds. The molecule has 0 aliphatic carbocycles. The van der Waals surface area contributed by atoms with Crippen LogP contribution in [-0.4, -0.2) is 38.8 Å². The van der Waals surface area contributed by atoms with Gasteiger partial charge in [0.15, 0.2) is 5.75 Å². The second-order valence-corrected chi connectivity index (χ2v) is 5.70. The zero-order chi connectivity index (χ0) is 16.4. The van der Waals surface area contributed by atoms with Crippen LogP contribution in [0.1, 0.15) is 23.5 Å². The van der Waals surface area contributed by atoms with Crippen molar-refractivity contribution < 1.29 is 22.7 Å². The fourth-order valence-corrected chi connectivity index (χ4v) is 2.70. The Balaban J connectivity index is 3.25. The molecule has 21 heavy (non-hydrogen) atoms. The average Bonchev–Trinajstić information content (AvgIpc) is 2.64. The summed E-state index contributed by atoms with van der Waals surface area (Å²) in [5, 5.41) is 2.58. The van der Waals surface area contributed by atoms with Crippen LogP contribution in [0.2, 0.25) is 0 Å². The molecule has 0 radical (unpaired) electrons. The average molecular weight is 325 g/mol. The smallest absolute Gasteiger partial charge is 0.405 e. The monoisotopic (exact) mass is 325 g/mol. The largest absolute Gasteiger partial charge is 0.486 e. The maximum Gasteiger partial charge on any atom is 0.405 e. The summed E-state index contributed by atoms with van der Waals surface area (Å²) < 4.78 is 43.1. The summed E-state index contributed by atoms with van der Waals surface area (Å²) in [6, 6.07) is 0. The maximum absolute atomic E-state index is 12.5. The highest BCUT2D eigenvalue weighted by atomic mass is 32.1. The van der Waals surface area contributed by atoms with Crippen molar-refractivity contribution in [1.29, 1.82) is 0 Å². The van der Waals surface area contributed by atoms with Gasteiger partial charge in [-0.15, -0.1) is 11.3 Å². The first kappa shape index (κ1) is 17.4. The predicted octanol–water partition coefficient (Wildman–Crippen LogP) is 2.48. The van der Waals surface area contributed by atoms with E-state index in [1.54, 1.807) is 13.8 Å². The highest BCUT2D eigenvalue weighted by Crippen LogP contribution is 2.45. The molecule has 0 bridgehead atoms. The number of nitrogen functional groups attached to an aromatic ring is 1. The van der Waals surface area contributed by atoms with Gasteiger partial charge in [-0.05, 0) is 13.8 Å². The van der Waals surface area contributed by atoms with Gasteiger partial charge in [0, 0.05) is 14.1 Å². The van der Waals surface area contributed by atoms with Crippen molar-refractivity contribution in [2.45, 2.75) is 26.1 Å². The Morgan fingerprint density at radius 3 is 2.48 bits per heavy atom. The van der Waals surface area contributed by atoms with Gasteiger partial charge in [0.05, 0.1) is 6.10 Å². The molecule has 5 nitrogen and oxygen atoms in total. The zero-order valence-corrected chi connectivity index (χ0v) is 13.0. The van der Waals surface area contributed by atoms with Crippen molar-refractivity contribution in [2.75, 3.05) is 31.3 Å². The quantitative estimate of drug-likeness (QED) is 0.873. The summed E-state index contributed by atoms with van der Waals surface area (Å²) in [6.45, 7) is 2.29. The van der Waals surface area contributed by atoms with Crippen LogP contribution in [0.3, 0.4) is 0 Å². The molecule has 1 heterocycles. The van der Waals surface area contributed by atoms with Gasteiger partial charge >= 0.3 is 6.18 Å². The van der Waals surface area contributed by atoms with Gasteiger partial charge in [-0.3, -0.25) is 4.79 Å². The highest BCUT2D eigenvalue weighted by molar-refractivity contribution is 7.19. The van der Waals surface area contributed by atoms with E-state index in [0.717, 1.165) is 16.2 Å². The maximum atomic E-state index is 12.5. The molecule has 0 saturated heterocycles. The summed E-state index contributed by atoms with van der Waals surface area (Å²) in [5.74, 6) is -0.349. The fraction of sp³-hybridized carbons (Fsp3) is 0.583. The third kappa shape index (κ3) is 4.42. The van der Waals surface area contributed by atoms with Crippen LogP contribution in [0.4, 0.5) is 23.9 Å². The summed E-state index contributed by atoms with van der Waals surface area (Å²) >= 11 is 0.873. The molecule has 1 rings (SSSR count). The number of carbonyl (C=O) groups is 1. The second-order valence-electron chi connectivity index (χ2n) is 4.70. The third-order valence-corrected chi connectivity index (χ3v) is 3.73. The van der Waals surface area contributed by atoms with E-state index in [-0.39, 0.29) is 27.4 Å². The molecule has 0 spiro atoms. The lowest BCUT2D eigenvalue weighted by Gasteiger charge is -2.21. The molecule has 0 aliphatic heterocycles. The molecule has 0 aromatic carbocycles. The van der Waals surface area contributed by atoms with Crippen LogP contribution in [0.15, 0.2) is 0 Å². The Bertz CT molecular complexity index is 515. The number of alkyl halides is 3. The fourth-order valence-electron chi connectivity index (χ4n) is 1.64. The number of halogens is 3. The molecule has 3 N–H and O–H groups in total. The third-order valence-electron chi connectivity index (χ3n) is 2.43. The zero-order valence-electron chi connectivity index (χ0n) is 12.2. The molecule has 1 aromatic heterocycles. The normalized spacial score (nSPS) is 11.6. The molecule has 1 aromatic rings. The number of nitrogens with two attached hydrogens (primary N) is 1. The van der Waals surface area contributed by atoms with E-state index in [9.17, 15) is 18.0 Å². The summed E-state index contributed by atoms with van der Waals surface area (Å²) in [5.41, 5.74) is 5.90. The number of nitrogens with zero attached hydrogens (tertiary/aromatic N) is 1. The number of hydrogen-bond donors (Lipinski definition) is 2. The van der Waals surface area contributed by atoms with E-state index < -0.39 is 18.6 Å². The van der Waals surface area contributed by atoms with E-state index in [1.807, 2.05) is 0 Å². The molecule has 0 atom stereocenters. The minimum absolute atomic E-state index is 0.0528. The van der Waals surface area contributed by atoms with Crippen LogP contribution in [0.25, 0.3) is 0 Å². The second kappa shape index (κ2) is 6.42. The van der Waals surface area contributed by atoms with Crippen molar-refractivity contribution in [3.8, 4) is 5.75 Å². The minimum Gasteiger partial charge on any atom is -0.486 e. The molecule has 0 fully saturated rings. The molecular formula is C12H18F3N3O2S. The standard InChI is InChI=1S/C12H18F3N3O2S/c1-6(2)20-8-7(16)9(10(19)17-3)21-11(8)18(4)5-12(13,14)15/h6H,5,16H2,1-4H3,(H,17,19). The SMILES string of the molecule is CNC(=O)c1sc(N(C)CC(F)(F)F)c(OC(C)C)c1N. The molecule has 0 aliphatic rings. The Hall–Kier alpha value is -1.64. The van der Waals surface area contributed by atoms with E-state index in [1.165, 1.54) is 14.1 Å². The van der Waals surface area contributed by atoms with Crippen molar-refractivity contribution in [1.82, 2.24) is 5.32 Å². The van der Waals surface area contributed by atoms with Crippen LogP contribution in [0, 0.1) is 0 Å². The van der Waals surface area contributed by atoms with Gasteiger partial charge in [-0.1, -0.05) is 0 Å². The Morgan fingerprint density at radius 1 is 1.48 bits per heavy atom. The van der Waals surface area contributed by atoms with Gasteiger partial charge < -0.3 is 20.7 Å². The number of thiophene rings is 1. The summed E-state index contributed by atoms with van der Waals surface area (Å²) in [6.07, 6.45) is -4.65. The number of hydrogen-bond acceptors (Lipinski definition) is 5. The minimum atomic E-state index is -4.37. The van der Waals surface area contributed by atoms with Crippen molar-refractivity contribution in [2.24, 2.45) is 0 Å². The lowest BCUT2D eigenvalue weighted by atomic mass is 10.3. The topological polar surface area (TPSA) is 67.6 Å². The van der Waals surface area contributed by atoms with Crippen molar-refractivity contribution in [3.63, 3.8) is 0 Å². The molecule has 0 unspecified atom stereocenters. The Labute approximate surface area is 124 Å². The number of carbonyl (C=O) groups excluding carboxylic acids is 1. The van der Waals surface area contributed by atoms with Gasteiger partial charge in [-0.25, -0.2) is 0 Å². The lowest BCUT2D eigenvalue weighted by molar-refractivity contribution is -0.119. The highest BCUT2D eigenvalue weighted by Gasteiger charge is 2.33. The number of nitrogens with one attached hydrogen (secondary N) is 1. The van der Waals surface area contributed by atoms with Crippen LogP contribution in [-0.2, 0) is 0 Å². The number of ether oxygens (including phenoxy) is 1. The van der Waals surface area contributed by atoms with E-state index >= 15 is 0 Å². The van der Waals surface area contributed by atoms with Crippen LogP contribution >= 0.6 is 11.3 Å². The number of rotatable bonds is 5. The summed E-state index contributed by atoms with van der Waals surface area (Å²) in [4.78, 5) is 12.8. The first-order valence-electron chi connectivity index (χ1n) is 6.15. The van der Waals surface area contributed by atoms with E-state index in [2.05, 4.69) is 5.32 Å². The van der Waals surface area contributed by atoms with Gasteiger partial charge in [0.1, 0.15) is 22.1 Å². The molecular weight excluding hydrogens is 307 g/mol. The number of anilines is 2. The van der Waals surface area contributed by atoms with Gasteiger partial charge in [-0.2, -0.15) is 13.2 Å².